The minimum absolute atomic E-state index is 0.643. The van der Waals surface area contributed by atoms with E-state index >= 15 is 0 Å². The second-order valence-electron chi connectivity index (χ2n) is 4.55. The van der Waals surface area contributed by atoms with Gasteiger partial charge in [0.2, 0.25) is 0 Å². The lowest BCUT2D eigenvalue weighted by Gasteiger charge is -2.09. The molecule has 1 atom stereocenters. The zero-order valence-electron chi connectivity index (χ0n) is 11.2. The van der Waals surface area contributed by atoms with Gasteiger partial charge in [0.25, 0.3) is 0 Å². The van der Waals surface area contributed by atoms with Gasteiger partial charge in [-0.15, -0.1) is 5.92 Å². The van der Waals surface area contributed by atoms with Crippen molar-refractivity contribution in [2.75, 3.05) is 6.54 Å². The highest BCUT2D eigenvalue weighted by molar-refractivity contribution is 5.03. The zero-order valence-corrected chi connectivity index (χ0v) is 11.2. The summed E-state index contributed by atoms with van der Waals surface area (Å²) in [6, 6.07) is 0. The lowest BCUT2D eigenvalue weighted by atomic mass is 9.96. The molecular weight excluding hydrogens is 194 g/mol. The fourth-order valence-corrected chi connectivity index (χ4v) is 1.79. The minimum Gasteiger partial charge on any atom is -0.330 e. The molecule has 0 saturated carbocycles. The van der Waals surface area contributed by atoms with E-state index in [0.29, 0.717) is 5.92 Å². The van der Waals surface area contributed by atoms with Gasteiger partial charge in [-0.1, -0.05) is 51.9 Å². The van der Waals surface area contributed by atoms with Crippen LogP contribution in [0.1, 0.15) is 71.6 Å². The summed E-state index contributed by atoms with van der Waals surface area (Å²) in [7, 11) is 0. The molecule has 0 rings (SSSR count). The highest BCUT2D eigenvalue weighted by Gasteiger charge is 2.03. The highest BCUT2D eigenvalue weighted by Crippen LogP contribution is 2.16. The van der Waals surface area contributed by atoms with Crippen LogP contribution in [0.15, 0.2) is 0 Å². The predicted molar refractivity (Wildman–Crippen MR) is 73.2 cm³/mol. The highest BCUT2D eigenvalue weighted by atomic mass is 14.5. The third kappa shape index (κ3) is 10.1. The van der Waals surface area contributed by atoms with Crippen molar-refractivity contribution in [1.29, 1.82) is 0 Å². The molecule has 0 fully saturated rings. The quantitative estimate of drug-likeness (QED) is 0.462. The molecule has 0 aliphatic carbocycles. The molecule has 0 aromatic heterocycles. The number of unbranched alkanes of at least 4 members (excludes halogenated alkanes) is 4. The average Bonchev–Trinajstić information content (AvgIpc) is 2.31. The van der Waals surface area contributed by atoms with E-state index < -0.39 is 0 Å². The van der Waals surface area contributed by atoms with Crippen LogP contribution in [0.2, 0.25) is 0 Å². The lowest BCUT2D eigenvalue weighted by Crippen LogP contribution is -1.99. The lowest BCUT2D eigenvalue weighted by molar-refractivity contribution is 0.501. The predicted octanol–water partition coefficient (Wildman–Crippen LogP) is 4.12. The summed E-state index contributed by atoms with van der Waals surface area (Å²) in [4.78, 5) is 0. The molecule has 0 radical (unpaired) electrons. The van der Waals surface area contributed by atoms with Gasteiger partial charge in [-0.05, 0) is 25.8 Å². The molecule has 0 aromatic rings. The van der Waals surface area contributed by atoms with E-state index in [1.165, 1.54) is 44.9 Å². The molecule has 1 unspecified atom stereocenters. The Morgan fingerprint density at radius 1 is 0.938 bits per heavy atom. The standard InChI is InChI=1S/C15H29N/c1-3-5-8-12-15(11-6-4-2)13-9-7-10-14-16/h15H,3-8,10-12,14,16H2,1-2H3. The summed E-state index contributed by atoms with van der Waals surface area (Å²) in [6.45, 7) is 5.28. The van der Waals surface area contributed by atoms with Crippen LogP contribution in [-0.2, 0) is 0 Å². The normalized spacial score (nSPS) is 11.9. The Bertz CT molecular complexity index is 187. The van der Waals surface area contributed by atoms with Crippen LogP contribution in [-0.4, -0.2) is 6.54 Å². The maximum Gasteiger partial charge on any atom is 0.0202 e. The second kappa shape index (κ2) is 12.6. The van der Waals surface area contributed by atoms with E-state index in [4.69, 9.17) is 5.73 Å². The molecule has 1 heteroatoms. The van der Waals surface area contributed by atoms with Gasteiger partial charge in [-0.25, -0.2) is 0 Å². The summed E-state index contributed by atoms with van der Waals surface area (Å²) >= 11 is 0. The van der Waals surface area contributed by atoms with Crippen LogP contribution in [0.5, 0.6) is 0 Å². The summed E-state index contributed by atoms with van der Waals surface area (Å²) in [6.07, 6.45) is 11.2. The molecule has 0 bridgehead atoms. The van der Waals surface area contributed by atoms with Gasteiger partial charge in [-0.3, -0.25) is 0 Å². The Balaban J connectivity index is 3.81. The first-order valence-corrected chi connectivity index (χ1v) is 7.03. The van der Waals surface area contributed by atoms with Crippen molar-refractivity contribution < 1.29 is 0 Å². The van der Waals surface area contributed by atoms with Crippen LogP contribution >= 0.6 is 0 Å². The molecule has 0 aliphatic rings. The smallest absolute Gasteiger partial charge is 0.0202 e. The van der Waals surface area contributed by atoms with Crippen molar-refractivity contribution in [2.45, 2.75) is 71.6 Å². The largest absolute Gasteiger partial charge is 0.330 e. The molecule has 0 aromatic carbocycles. The van der Waals surface area contributed by atoms with Gasteiger partial charge in [0.05, 0.1) is 0 Å². The van der Waals surface area contributed by atoms with Crippen molar-refractivity contribution in [2.24, 2.45) is 11.7 Å². The Morgan fingerprint density at radius 3 is 2.25 bits per heavy atom. The van der Waals surface area contributed by atoms with Gasteiger partial charge in [0, 0.05) is 12.3 Å². The van der Waals surface area contributed by atoms with Crippen molar-refractivity contribution in [1.82, 2.24) is 0 Å². The SMILES string of the molecule is CCCCCC(C#CCCCN)CCCC. The first-order valence-electron chi connectivity index (χ1n) is 7.03. The first-order chi connectivity index (χ1) is 7.85. The molecule has 94 valence electrons. The van der Waals surface area contributed by atoms with E-state index in [0.717, 1.165) is 19.4 Å². The van der Waals surface area contributed by atoms with Crippen molar-refractivity contribution in [3.8, 4) is 11.8 Å². The van der Waals surface area contributed by atoms with E-state index in [9.17, 15) is 0 Å². The summed E-state index contributed by atoms with van der Waals surface area (Å²) in [5.41, 5.74) is 5.46. The van der Waals surface area contributed by atoms with Crippen LogP contribution in [0.4, 0.5) is 0 Å². The summed E-state index contributed by atoms with van der Waals surface area (Å²) in [5, 5.41) is 0. The average molecular weight is 223 g/mol. The Labute approximate surface area is 102 Å². The summed E-state index contributed by atoms with van der Waals surface area (Å²) < 4.78 is 0. The zero-order chi connectivity index (χ0) is 12.1. The van der Waals surface area contributed by atoms with Crippen LogP contribution in [0, 0.1) is 17.8 Å². The third-order valence-corrected chi connectivity index (χ3v) is 2.87. The van der Waals surface area contributed by atoms with Crippen LogP contribution in [0.3, 0.4) is 0 Å². The number of hydrogen-bond donors (Lipinski definition) is 1. The van der Waals surface area contributed by atoms with Crippen LogP contribution < -0.4 is 5.73 Å². The van der Waals surface area contributed by atoms with E-state index in [1.807, 2.05) is 0 Å². The number of nitrogens with two attached hydrogens (primary N) is 1. The molecular formula is C15H29N. The maximum atomic E-state index is 5.46. The molecule has 16 heavy (non-hydrogen) atoms. The Hall–Kier alpha value is -0.480. The van der Waals surface area contributed by atoms with E-state index in [2.05, 4.69) is 25.7 Å². The first kappa shape index (κ1) is 15.5. The topological polar surface area (TPSA) is 26.0 Å². The van der Waals surface area contributed by atoms with Gasteiger partial charge in [0.15, 0.2) is 0 Å². The van der Waals surface area contributed by atoms with Crippen molar-refractivity contribution in [3.05, 3.63) is 0 Å². The fourth-order valence-electron chi connectivity index (χ4n) is 1.79. The van der Waals surface area contributed by atoms with Gasteiger partial charge >= 0.3 is 0 Å². The fraction of sp³-hybridized carbons (Fsp3) is 0.867. The van der Waals surface area contributed by atoms with Gasteiger partial charge in [-0.2, -0.15) is 0 Å². The molecule has 0 amide bonds. The minimum atomic E-state index is 0.643. The van der Waals surface area contributed by atoms with Gasteiger partial charge in [0.1, 0.15) is 0 Å². The number of hydrogen-bond acceptors (Lipinski definition) is 1. The molecule has 2 N–H and O–H groups in total. The molecule has 0 heterocycles. The molecule has 0 saturated heterocycles. The van der Waals surface area contributed by atoms with E-state index in [1.54, 1.807) is 0 Å². The van der Waals surface area contributed by atoms with E-state index in [-0.39, 0.29) is 0 Å². The van der Waals surface area contributed by atoms with Crippen molar-refractivity contribution >= 4 is 0 Å². The third-order valence-electron chi connectivity index (χ3n) is 2.87. The summed E-state index contributed by atoms with van der Waals surface area (Å²) in [5.74, 6) is 7.38. The van der Waals surface area contributed by atoms with Crippen molar-refractivity contribution in [3.63, 3.8) is 0 Å². The molecule has 0 aliphatic heterocycles. The van der Waals surface area contributed by atoms with Gasteiger partial charge < -0.3 is 5.73 Å². The Kier molecular flexibility index (Phi) is 12.2. The Morgan fingerprint density at radius 2 is 1.62 bits per heavy atom. The molecule has 0 spiro atoms. The maximum absolute atomic E-state index is 5.46. The monoisotopic (exact) mass is 223 g/mol. The second-order valence-corrected chi connectivity index (χ2v) is 4.55. The molecule has 1 nitrogen and oxygen atoms in total. The van der Waals surface area contributed by atoms with Crippen LogP contribution in [0.25, 0.3) is 0 Å². The number of rotatable bonds is 9.